The minimum absolute atomic E-state index is 0.128. The predicted octanol–water partition coefficient (Wildman–Crippen LogP) is 2.23. The standard InChI is InChI=1S/C8H12N2OS2/c1-12-6-4-9-8(11)10-7-3-2-5-13-7/h2-3,5H,4,6H2,1H3,(H2,9,10,11). The molecule has 13 heavy (non-hydrogen) atoms. The second-order valence-electron chi connectivity index (χ2n) is 2.35. The average molecular weight is 216 g/mol. The van der Waals surface area contributed by atoms with Gasteiger partial charge in [-0.15, -0.1) is 11.3 Å². The number of thioether (sulfide) groups is 1. The van der Waals surface area contributed by atoms with Gasteiger partial charge in [-0.05, 0) is 23.8 Å². The number of carbonyl (C=O) groups excluding carboxylic acids is 1. The lowest BCUT2D eigenvalue weighted by Crippen LogP contribution is -2.30. The van der Waals surface area contributed by atoms with Crippen LogP contribution in [0.3, 0.4) is 0 Å². The van der Waals surface area contributed by atoms with Crippen LogP contribution in [0.2, 0.25) is 0 Å². The Hall–Kier alpha value is -0.680. The highest BCUT2D eigenvalue weighted by molar-refractivity contribution is 7.98. The molecule has 0 spiro atoms. The molecule has 0 saturated heterocycles. The van der Waals surface area contributed by atoms with E-state index in [1.165, 1.54) is 11.3 Å². The van der Waals surface area contributed by atoms with E-state index in [4.69, 9.17) is 0 Å². The summed E-state index contributed by atoms with van der Waals surface area (Å²) < 4.78 is 0. The number of hydrogen-bond acceptors (Lipinski definition) is 3. The molecule has 3 nitrogen and oxygen atoms in total. The topological polar surface area (TPSA) is 41.1 Å². The molecule has 1 heterocycles. The van der Waals surface area contributed by atoms with E-state index in [0.717, 1.165) is 10.8 Å². The molecule has 1 rings (SSSR count). The number of thiophene rings is 1. The second-order valence-corrected chi connectivity index (χ2v) is 4.28. The van der Waals surface area contributed by atoms with E-state index in [1.54, 1.807) is 11.8 Å². The SMILES string of the molecule is CSCCNC(=O)Nc1cccs1. The summed E-state index contributed by atoms with van der Waals surface area (Å²) >= 11 is 3.22. The van der Waals surface area contributed by atoms with Crippen molar-refractivity contribution >= 4 is 34.1 Å². The molecule has 2 N–H and O–H groups in total. The molecular formula is C8H12N2OS2. The van der Waals surface area contributed by atoms with Crippen LogP contribution in [0.1, 0.15) is 0 Å². The first-order valence-electron chi connectivity index (χ1n) is 3.90. The monoisotopic (exact) mass is 216 g/mol. The zero-order valence-corrected chi connectivity index (χ0v) is 9.00. The smallest absolute Gasteiger partial charge is 0.319 e. The lowest BCUT2D eigenvalue weighted by Gasteiger charge is -2.03. The van der Waals surface area contributed by atoms with Crippen LogP contribution in [-0.2, 0) is 0 Å². The van der Waals surface area contributed by atoms with E-state index >= 15 is 0 Å². The van der Waals surface area contributed by atoms with E-state index in [1.807, 2.05) is 23.8 Å². The number of anilines is 1. The molecule has 0 saturated carbocycles. The molecule has 5 heteroatoms. The highest BCUT2D eigenvalue weighted by Gasteiger charge is 1.99. The van der Waals surface area contributed by atoms with Crippen molar-refractivity contribution in [3.05, 3.63) is 17.5 Å². The van der Waals surface area contributed by atoms with Gasteiger partial charge in [0.2, 0.25) is 0 Å². The number of carbonyl (C=O) groups is 1. The molecule has 1 aromatic heterocycles. The maximum Gasteiger partial charge on any atom is 0.319 e. The van der Waals surface area contributed by atoms with Gasteiger partial charge in [-0.2, -0.15) is 11.8 Å². The highest BCUT2D eigenvalue weighted by atomic mass is 32.2. The second kappa shape index (κ2) is 5.88. The van der Waals surface area contributed by atoms with E-state index in [0.29, 0.717) is 6.54 Å². The summed E-state index contributed by atoms with van der Waals surface area (Å²) in [5, 5.41) is 8.30. The Kier molecular flexibility index (Phi) is 4.70. The molecule has 72 valence electrons. The van der Waals surface area contributed by atoms with Crippen molar-refractivity contribution in [2.75, 3.05) is 23.9 Å². The molecule has 0 radical (unpaired) electrons. The van der Waals surface area contributed by atoms with Crippen LogP contribution in [0.15, 0.2) is 17.5 Å². The van der Waals surface area contributed by atoms with Crippen LogP contribution >= 0.6 is 23.1 Å². The molecule has 2 amide bonds. The first-order valence-corrected chi connectivity index (χ1v) is 6.17. The third-order valence-corrected chi connectivity index (χ3v) is 2.75. The van der Waals surface area contributed by atoms with Crippen molar-refractivity contribution in [3.63, 3.8) is 0 Å². The van der Waals surface area contributed by atoms with E-state index in [2.05, 4.69) is 10.6 Å². The summed E-state index contributed by atoms with van der Waals surface area (Å²) in [5.74, 6) is 0.942. The first kappa shape index (κ1) is 10.4. The Morgan fingerprint density at radius 3 is 3.15 bits per heavy atom. The van der Waals surface area contributed by atoms with Crippen molar-refractivity contribution in [2.24, 2.45) is 0 Å². The largest absolute Gasteiger partial charge is 0.337 e. The van der Waals surface area contributed by atoms with E-state index in [-0.39, 0.29) is 6.03 Å². The number of rotatable bonds is 4. The van der Waals surface area contributed by atoms with Crippen LogP contribution in [-0.4, -0.2) is 24.6 Å². The van der Waals surface area contributed by atoms with Gasteiger partial charge in [0, 0.05) is 12.3 Å². The highest BCUT2D eigenvalue weighted by Crippen LogP contribution is 2.14. The van der Waals surface area contributed by atoms with Gasteiger partial charge in [0.25, 0.3) is 0 Å². The fraction of sp³-hybridized carbons (Fsp3) is 0.375. The summed E-state index contributed by atoms with van der Waals surface area (Å²) in [7, 11) is 0. The fourth-order valence-corrected chi connectivity index (χ4v) is 1.69. The summed E-state index contributed by atoms with van der Waals surface area (Å²) in [6.07, 6.45) is 2.01. The van der Waals surface area contributed by atoms with Gasteiger partial charge in [0.15, 0.2) is 0 Å². The van der Waals surface area contributed by atoms with Crippen molar-refractivity contribution in [1.82, 2.24) is 5.32 Å². The predicted molar refractivity (Wildman–Crippen MR) is 59.7 cm³/mol. The third kappa shape index (κ3) is 4.19. The molecule has 0 aliphatic carbocycles. The van der Waals surface area contributed by atoms with Gasteiger partial charge in [-0.1, -0.05) is 0 Å². The Morgan fingerprint density at radius 1 is 1.69 bits per heavy atom. The van der Waals surface area contributed by atoms with Crippen LogP contribution < -0.4 is 10.6 Å². The van der Waals surface area contributed by atoms with Crippen LogP contribution in [0, 0.1) is 0 Å². The van der Waals surface area contributed by atoms with Gasteiger partial charge in [-0.3, -0.25) is 5.32 Å². The third-order valence-electron chi connectivity index (χ3n) is 1.35. The molecule has 0 aliphatic rings. The number of hydrogen-bond donors (Lipinski definition) is 2. The molecular weight excluding hydrogens is 204 g/mol. The molecule has 0 aromatic carbocycles. The average Bonchev–Trinajstić information content (AvgIpc) is 2.57. The molecule has 0 aliphatic heterocycles. The van der Waals surface area contributed by atoms with Gasteiger partial charge >= 0.3 is 6.03 Å². The minimum Gasteiger partial charge on any atom is -0.337 e. The molecule has 0 bridgehead atoms. The quantitative estimate of drug-likeness (QED) is 0.758. The molecule has 0 unspecified atom stereocenters. The van der Waals surface area contributed by atoms with Gasteiger partial charge in [-0.25, -0.2) is 4.79 Å². The molecule has 1 aromatic rings. The van der Waals surface area contributed by atoms with Crippen LogP contribution in [0.5, 0.6) is 0 Å². The Labute approximate surface area is 85.9 Å². The first-order chi connectivity index (χ1) is 6.33. The summed E-state index contributed by atoms with van der Waals surface area (Å²) in [5.41, 5.74) is 0. The number of nitrogens with one attached hydrogen (secondary N) is 2. The van der Waals surface area contributed by atoms with Gasteiger partial charge < -0.3 is 5.32 Å². The number of amides is 2. The minimum atomic E-state index is -0.128. The zero-order valence-electron chi connectivity index (χ0n) is 7.37. The Bertz CT molecular complexity index is 249. The normalized spacial score (nSPS) is 9.62. The maximum atomic E-state index is 11.2. The summed E-state index contributed by atoms with van der Waals surface area (Å²) in [4.78, 5) is 11.2. The van der Waals surface area contributed by atoms with Gasteiger partial charge in [0.1, 0.15) is 0 Å². The summed E-state index contributed by atoms with van der Waals surface area (Å²) in [6, 6.07) is 3.65. The van der Waals surface area contributed by atoms with Crippen LogP contribution in [0.4, 0.5) is 9.80 Å². The van der Waals surface area contributed by atoms with Crippen molar-refractivity contribution in [1.29, 1.82) is 0 Å². The van der Waals surface area contributed by atoms with Crippen molar-refractivity contribution in [3.8, 4) is 0 Å². The molecule has 0 fully saturated rings. The fourth-order valence-electron chi connectivity index (χ4n) is 0.772. The Morgan fingerprint density at radius 2 is 2.54 bits per heavy atom. The maximum absolute atomic E-state index is 11.2. The lowest BCUT2D eigenvalue weighted by atomic mass is 10.6. The van der Waals surface area contributed by atoms with Crippen molar-refractivity contribution < 1.29 is 4.79 Å². The molecule has 0 atom stereocenters. The number of urea groups is 1. The van der Waals surface area contributed by atoms with E-state index < -0.39 is 0 Å². The zero-order chi connectivity index (χ0) is 9.52. The Balaban J connectivity index is 2.18. The van der Waals surface area contributed by atoms with E-state index in [9.17, 15) is 4.79 Å². The summed E-state index contributed by atoms with van der Waals surface area (Å²) in [6.45, 7) is 0.707. The van der Waals surface area contributed by atoms with Gasteiger partial charge in [0.05, 0.1) is 5.00 Å². The lowest BCUT2D eigenvalue weighted by molar-refractivity contribution is 0.252. The van der Waals surface area contributed by atoms with Crippen molar-refractivity contribution in [2.45, 2.75) is 0 Å². The van der Waals surface area contributed by atoms with Crippen LogP contribution in [0.25, 0.3) is 0 Å².